The van der Waals surface area contributed by atoms with Crippen LogP contribution in [0.4, 0.5) is 0 Å². The average molecular weight is 242 g/mol. The maximum atomic E-state index is 3.55. The highest BCUT2D eigenvalue weighted by molar-refractivity contribution is 7.98. The summed E-state index contributed by atoms with van der Waals surface area (Å²) in [5.41, 5.74) is 0.424. The molecule has 0 aromatic rings. The number of hydrogen-bond acceptors (Lipinski definition) is 3. The third-order valence-corrected chi connectivity index (χ3v) is 5.24. The molecule has 0 amide bonds. The van der Waals surface area contributed by atoms with Gasteiger partial charge in [0.2, 0.25) is 0 Å². The number of rotatable bonds is 5. The summed E-state index contributed by atoms with van der Waals surface area (Å²) < 4.78 is 0. The summed E-state index contributed by atoms with van der Waals surface area (Å²) in [4.78, 5) is 2.74. The fraction of sp³-hybridized carbons (Fsp3) is 1.00. The van der Waals surface area contributed by atoms with Crippen LogP contribution in [0.2, 0.25) is 0 Å². The number of likely N-dealkylation sites (tertiary alicyclic amines) is 1. The van der Waals surface area contributed by atoms with Crippen LogP contribution in [0.15, 0.2) is 0 Å². The SMILES string of the molecule is CSCCCCN1CC2CNCC2C1(C)C. The molecule has 0 saturated carbocycles. The van der Waals surface area contributed by atoms with Crippen molar-refractivity contribution in [3.05, 3.63) is 0 Å². The summed E-state index contributed by atoms with van der Waals surface area (Å²) >= 11 is 1.97. The second-order valence-corrected chi connectivity index (χ2v) is 6.81. The fourth-order valence-electron chi connectivity index (χ4n) is 3.43. The summed E-state index contributed by atoms with van der Waals surface area (Å²) in [7, 11) is 0. The number of hydrogen-bond donors (Lipinski definition) is 1. The first-order valence-electron chi connectivity index (χ1n) is 6.61. The first-order chi connectivity index (χ1) is 7.66. The van der Waals surface area contributed by atoms with Crippen LogP contribution in [0.1, 0.15) is 26.7 Å². The molecule has 0 bridgehead atoms. The number of thioether (sulfide) groups is 1. The van der Waals surface area contributed by atoms with E-state index in [9.17, 15) is 0 Å². The lowest BCUT2D eigenvalue weighted by atomic mass is 9.85. The van der Waals surface area contributed by atoms with E-state index >= 15 is 0 Å². The van der Waals surface area contributed by atoms with Crippen LogP contribution in [-0.2, 0) is 0 Å². The molecule has 1 N–H and O–H groups in total. The van der Waals surface area contributed by atoms with Gasteiger partial charge in [0.25, 0.3) is 0 Å². The second-order valence-electron chi connectivity index (χ2n) is 5.82. The van der Waals surface area contributed by atoms with Crippen molar-refractivity contribution in [3.63, 3.8) is 0 Å². The molecular formula is C13H26N2S. The van der Waals surface area contributed by atoms with Crippen molar-refractivity contribution < 1.29 is 0 Å². The minimum absolute atomic E-state index is 0.424. The van der Waals surface area contributed by atoms with E-state index in [1.165, 1.54) is 44.8 Å². The van der Waals surface area contributed by atoms with Crippen LogP contribution >= 0.6 is 11.8 Å². The molecule has 16 heavy (non-hydrogen) atoms. The maximum Gasteiger partial charge on any atom is 0.0197 e. The molecule has 0 radical (unpaired) electrons. The molecule has 2 atom stereocenters. The minimum atomic E-state index is 0.424. The van der Waals surface area contributed by atoms with Crippen molar-refractivity contribution in [2.24, 2.45) is 11.8 Å². The van der Waals surface area contributed by atoms with Crippen molar-refractivity contribution in [2.75, 3.05) is 38.2 Å². The largest absolute Gasteiger partial charge is 0.316 e. The quantitative estimate of drug-likeness (QED) is 0.743. The molecule has 94 valence electrons. The van der Waals surface area contributed by atoms with Crippen molar-refractivity contribution in [2.45, 2.75) is 32.2 Å². The van der Waals surface area contributed by atoms with E-state index in [0.29, 0.717) is 5.54 Å². The van der Waals surface area contributed by atoms with Gasteiger partial charge in [-0.3, -0.25) is 4.90 Å². The molecule has 0 aliphatic carbocycles. The lowest BCUT2D eigenvalue weighted by Crippen LogP contribution is -2.44. The van der Waals surface area contributed by atoms with E-state index in [0.717, 1.165) is 11.8 Å². The monoisotopic (exact) mass is 242 g/mol. The van der Waals surface area contributed by atoms with Crippen LogP contribution in [0.3, 0.4) is 0 Å². The summed E-state index contributed by atoms with van der Waals surface area (Å²) in [6.45, 7) is 10.00. The Hall–Kier alpha value is 0.270. The van der Waals surface area contributed by atoms with E-state index in [4.69, 9.17) is 0 Å². The zero-order valence-corrected chi connectivity index (χ0v) is 11.8. The van der Waals surface area contributed by atoms with E-state index in [2.05, 4.69) is 30.3 Å². The zero-order valence-electron chi connectivity index (χ0n) is 11.0. The first-order valence-corrected chi connectivity index (χ1v) is 8.00. The number of unbranched alkanes of at least 4 members (excludes halogenated alkanes) is 1. The lowest BCUT2D eigenvalue weighted by Gasteiger charge is -2.35. The summed E-state index contributed by atoms with van der Waals surface area (Å²) in [5.74, 6) is 3.12. The summed E-state index contributed by atoms with van der Waals surface area (Å²) in [6.07, 6.45) is 4.95. The van der Waals surface area contributed by atoms with Crippen molar-refractivity contribution >= 4 is 11.8 Å². The molecule has 2 aliphatic heterocycles. The first kappa shape index (κ1) is 12.7. The molecule has 0 spiro atoms. The Morgan fingerprint density at radius 1 is 1.31 bits per heavy atom. The van der Waals surface area contributed by atoms with E-state index < -0.39 is 0 Å². The molecule has 2 rings (SSSR count). The zero-order chi connectivity index (χ0) is 11.6. The standard InChI is InChI=1S/C13H26N2S/c1-13(2)12-9-14-8-11(12)10-15(13)6-4-5-7-16-3/h11-12,14H,4-10H2,1-3H3. The van der Waals surface area contributed by atoms with Gasteiger partial charge in [0.15, 0.2) is 0 Å². The molecule has 2 saturated heterocycles. The fourth-order valence-corrected chi connectivity index (χ4v) is 3.93. The number of fused-ring (bicyclic) bond motifs is 1. The van der Waals surface area contributed by atoms with Gasteiger partial charge in [-0.15, -0.1) is 0 Å². The molecule has 3 heteroatoms. The van der Waals surface area contributed by atoms with Gasteiger partial charge in [0, 0.05) is 18.6 Å². The summed E-state index contributed by atoms with van der Waals surface area (Å²) in [5, 5.41) is 3.55. The molecule has 0 aromatic heterocycles. The second kappa shape index (κ2) is 5.28. The average Bonchev–Trinajstić information content (AvgIpc) is 2.78. The highest BCUT2D eigenvalue weighted by Gasteiger charge is 2.48. The third kappa shape index (κ3) is 2.41. The van der Waals surface area contributed by atoms with Gasteiger partial charge in [-0.25, -0.2) is 0 Å². The van der Waals surface area contributed by atoms with Gasteiger partial charge in [0.1, 0.15) is 0 Å². The van der Waals surface area contributed by atoms with Gasteiger partial charge in [0.05, 0.1) is 0 Å². The molecule has 2 aliphatic rings. The predicted molar refractivity (Wildman–Crippen MR) is 73.1 cm³/mol. The van der Waals surface area contributed by atoms with Gasteiger partial charge in [-0.2, -0.15) is 11.8 Å². The van der Waals surface area contributed by atoms with Crippen LogP contribution in [-0.4, -0.2) is 48.6 Å². The van der Waals surface area contributed by atoms with Crippen molar-refractivity contribution in [1.29, 1.82) is 0 Å². The van der Waals surface area contributed by atoms with Crippen molar-refractivity contribution in [3.8, 4) is 0 Å². The Morgan fingerprint density at radius 3 is 2.81 bits per heavy atom. The summed E-state index contributed by atoms with van der Waals surface area (Å²) in [6, 6.07) is 0. The minimum Gasteiger partial charge on any atom is -0.316 e. The van der Waals surface area contributed by atoms with Crippen LogP contribution in [0.5, 0.6) is 0 Å². The van der Waals surface area contributed by atoms with Gasteiger partial charge in [-0.05, 0) is 63.6 Å². The molecule has 2 unspecified atom stereocenters. The molecule has 2 heterocycles. The lowest BCUT2D eigenvalue weighted by molar-refractivity contribution is 0.138. The Morgan fingerprint density at radius 2 is 2.12 bits per heavy atom. The smallest absolute Gasteiger partial charge is 0.0197 e. The predicted octanol–water partition coefficient (Wildman–Crippen LogP) is 2.06. The number of nitrogens with one attached hydrogen (secondary N) is 1. The van der Waals surface area contributed by atoms with Gasteiger partial charge in [-0.1, -0.05) is 0 Å². The molecule has 2 nitrogen and oxygen atoms in total. The third-order valence-electron chi connectivity index (χ3n) is 4.54. The Bertz CT molecular complexity index is 230. The molecule has 2 fully saturated rings. The molecule has 0 aromatic carbocycles. The van der Waals surface area contributed by atoms with Gasteiger partial charge >= 0.3 is 0 Å². The van der Waals surface area contributed by atoms with E-state index in [1.54, 1.807) is 0 Å². The Labute approximate surface area is 105 Å². The Balaban J connectivity index is 1.82. The van der Waals surface area contributed by atoms with E-state index in [1.807, 2.05) is 11.8 Å². The number of nitrogens with zero attached hydrogens (tertiary/aromatic N) is 1. The van der Waals surface area contributed by atoms with E-state index in [-0.39, 0.29) is 0 Å². The van der Waals surface area contributed by atoms with Crippen molar-refractivity contribution in [1.82, 2.24) is 10.2 Å². The van der Waals surface area contributed by atoms with Crippen LogP contribution in [0, 0.1) is 11.8 Å². The Kier molecular flexibility index (Phi) is 4.20. The normalized spacial score (nSPS) is 33.2. The van der Waals surface area contributed by atoms with Crippen LogP contribution < -0.4 is 5.32 Å². The topological polar surface area (TPSA) is 15.3 Å². The molecular weight excluding hydrogens is 216 g/mol. The van der Waals surface area contributed by atoms with Gasteiger partial charge < -0.3 is 5.32 Å². The highest BCUT2D eigenvalue weighted by Crippen LogP contribution is 2.40. The highest BCUT2D eigenvalue weighted by atomic mass is 32.2. The maximum absolute atomic E-state index is 3.55. The van der Waals surface area contributed by atoms with Crippen LogP contribution in [0.25, 0.3) is 0 Å².